The molecule has 0 spiro atoms. The summed E-state index contributed by atoms with van der Waals surface area (Å²) in [5.41, 5.74) is 0.288. The van der Waals surface area contributed by atoms with Crippen molar-refractivity contribution in [3.05, 3.63) is 71.9 Å². The zero-order valence-electron chi connectivity index (χ0n) is 13.2. The molecule has 8 heteroatoms. The number of nitriles is 1. The molecule has 0 bridgehead atoms. The SMILES string of the molecule is N#Cc1ccc(Nc2nccc(Nc3ccccc3C(F)(F)F)n2)cc1. The van der Waals surface area contributed by atoms with E-state index in [1.807, 2.05) is 6.07 Å². The minimum atomic E-state index is -4.47. The summed E-state index contributed by atoms with van der Waals surface area (Å²) in [5.74, 6) is 0.428. The summed E-state index contributed by atoms with van der Waals surface area (Å²) in [6, 6.07) is 15.3. The molecule has 3 rings (SSSR count). The molecule has 0 saturated heterocycles. The van der Waals surface area contributed by atoms with Crippen LogP contribution in [0.3, 0.4) is 0 Å². The van der Waals surface area contributed by atoms with Crippen LogP contribution >= 0.6 is 0 Å². The summed E-state index contributed by atoms with van der Waals surface area (Å²) in [6.45, 7) is 0. The molecule has 0 amide bonds. The van der Waals surface area contributed by atoms with Gasteiger partial charge in [0.1, 0.15) is 5.82 Å². The van der Waals surface area contributed by atoms with Crippen LogP contribution in [0.1, 0.15) is 11.1 Å². The number of anilines is 4. The maximum atomic E-state index is 13.1. The smallest absolute Gasteiger partial charge is 0.340 e. The number of para-hydroxylation sites is 1. The highest BCUT2D eigenvalue weighted by atomic mass is 19.4. The molecule has 5 nitrogen and oxygen atoms in total. The van der Waals surface area contributed by atoms with Crippen molar-refractivity contribution in [2.24, 2.45) is 0 Å². The average Bonchev–Trinajstić information content (AvgIpc) is 2.62. The first-order valence-corrected chi connectivity index (χ1v) is 7.49. The van der Waals surface area contributed by atoms with Gasteiger partial charge in [-0.05, 0) is 42.5 Å². The Morgan fingerprint density at radius 3 is 2.35 bits per heavy atom. The fourth-order valence-electron chi connectivity index (χ4n) is 2.22. The number of halogens is 3. The molecular formula is C18H12F3N5. The van der Waals surface area contributed by atoms with Gasteiger partial charge in [0.2, 0.25) is 5.95 Å². The van der Waals surface area contributed by atoms with Crippen molar-refractivity contribution in [1.29, 1.82) is 5.26 Å². The fraction of sp³-hybridized carbons (Fsp3) is 0.0556. The van der Waals surface area contributed by atoms with Gasteiger partial charge in [-0.2, -0.15) is 23.4 Å². The van der Waals surface area contributed by atoms with Crippen molar-refractivity contribution in [3.63, 3.8) is 0 Å². The van der Waals surface area contributed by atoms with Gasteiger partial charge in [0.05, 0.1) is 22.9 Å². The number of alkyl halides is 3. The lowest BCUT2D eigenvalue weighted by atomic mass is 10.1. The lowest BCUT2D eigenvalue weighted by molar-refractivity contribution is -0.136. The first kappa shape index (κ1) is 17.2. The molecule has 0 saturated carbocycles. The summed E-state index contributed by atoms with van der Waals surface area (Å²) in [7, 11) is 0. The quantitative estimate of drug-likeness (QED) is 0.699. The van der Waals surface area contributed by atoms with Gasteiger partial charge in [0.15, 0.2) is 0 Å². The normalized spacial score (nSPS) is 10.8. The number of nitrogens with one attached hydrogen (secondary N) is 2. The maximum Gasteiger partial charge on any atom is 0.418 e. The van der Waals surface area contributed by atoms with Crippen molar-refractivity contribution in [2.75, 3.05) is 10.6 Å². The van der Waals surface area contributed by atoms with E-state index in [1.165, 1.54) is 30.5 Å². The summed E-state index contributed by atoms with van der Waals surface area (Å²) in [6.07, 6.45) is -3.04. The Labute approximate surface area is 147 Å². The highest BCUT2D eigenvalue weighted by Gasteiger charge is 2.33. The molecule has 1 aromatic heterocycles. The minimum absolute atomic E-state index is 0.0944. The van der Waals surface area contributed by atoms with E-state index >= 15 is 0 Å². The molecule has 0 atom stereocenters. The number of benzene rings is 2. The van der Waals surface area contributed by atoms with Crippen LogP contribution in [0.25, 0.3) is 0 Å². The van der Waals surface area contributed by atoms with E-state index in [0.717, 1.165) is 6.07 Å². The van der Waals surface area contributed by atoms with Gasteiger partial charge in [0.25, 0.3) is 0 Å². The van der Waals surface area contributed by atoms with Gasteiger partial charge in [-0.1, -0.05) is 12.1 Å². The van der Waals surface area contributed by atoms with Crippen LogP contribution in [0.2, 0.25) is 0 Å². The van der Waals surface area contributed by atoms with E-state index < -0.39 is 11.7 Å². The van der Waals surface area contributed by atoms with Gasteiger partial charge in [-0.15, -0.1) is 0 Å². The van der Waals surface area contributed by atoms with E-state index in [2.05, 4.69) is 20.6 Å². The summed E-state index contributed by atoms with van der Waals surface area (Å²) >= 11 is 0. The molecule has 0 unspecified atom stereocenters. The van der Waals surface area contributed by atoms with E-state index in [-0.39, 0.29) is 17.5 Å². The molecule has 26 heavy (non-hydrogen) atoms. The standard InChI is InChI=1S/C18H12F3N5/c19-18(20,21)14-3-1-2-4-15(14)25-16-9-10-23-17(26-16)24-13-7-5-12(11-22)6-8-13/h1-10H,(H2,23,24,25,26). The van der Waals surface area contributed by atoms with E-state index in [1.54, 1.807) is 24.3 Å². The van der Waals surface area contributed by atoms with Crippen molar-refractivity contribution >= 4 is 23.1 Å². The molecule has 2 aromatic carbocycles. The average molecular weight is 355 g/mol. The molecule has 0 aliphatic heterocycles. The van der Waals surface area contributed by atoms with Gasteiger partial charge in [-0.3, -0.25) is 0 Å². The van der Waals surface area contributed by atoms with Gasteiger partial charge >= 0.3 is 6.18 Å². The Bertz CT molecular complexity index is 946. The molecule has 3 aromatic rings. The van der Waals surface area contributed by atoms with Crippen molar-refractivity contribution in [3.8, 4) is 6.07 Å². The number of hydrogen-bond acceptors (Lipinski definition) is 5. The Hall–Kier alpha value is -3.60. The fourth-order valence-corrected chi connectivity index (χ4v) is 2.22. The lowest BCUT2D eigenvalue weighted by Gasteiger charge is -2.14. The Kier molecular flexibility index (Phi) is 4.71. The van der Waals surface area contributed by atoms with Crippen molar-refractivity contribution in [1.82, 2.24) is 9.97 Å². The molecule has 1 heterocycles. The van der Waals surface area contributed by atoms with Crippen LogP contribution in [0.15, 0.2) is 60.8 Å². The largest absolute Gasteiger partial charge is 0.418 e. The highest BCUT2D eigenvalue weighted by Crippen LogP contribution is 2.35. The van der Waals surface area contributed by atoms with Crippen LogP contribution in [0, 0.1) is 11.3 Å². The highest BCUT2D eigenvalue weighted by molar-refractivity contribution is 5.63. The maximum absolute atomic E-state index is 13.1. The summed E-state index contributed by atoms with van der Waals surface area (Å²) in [4.78, 5) is 8.20. The van der Waals surface area contributed by atoms with Crippen LogP contribution in [-0.4, -0.2) is 9.97 Å². The number of nitrogens with zero attached hydrogens (tertiary/aromatic N) is 3. The van der Waals surface area contributed by atoms with Crippen LogP contribution in [0.5, 0.6) is 0 Å². The van der Waals surface area contributed by atoms with Crippen LogP contribution in [0.4, 0.5) is 36.3 Å². The number of rotatable bonds is 4. The third-order valence-corrected chi connectivity index (χ3v) is 3.42. The van der Waals surface area contributed by atoms with E-state index in [9.17, 15) is 13.2 Å². The molecule has 0 aliphatic rings. The molecule has 130 valence electrons. The van der Waals surface area contributed by atoms with Gasteiger partial charge < -0.3 is 10.6 Å². The Morgan fingerprint density at radius 1 is 0.923 bits per heavy atom. The summed E-state index contributed by atoms with van der Waals surface area (Å²) < 4.78 is 39.2. The zero-order valence-corrected chi connectivity index (χ0v) is 13.2. The second kappa shape index (κ2) is 7.11. The van der Waals surface area contributed by atoms with Crippen molar-refractivity contribution < 1.29 is 13.2 Å². The second-order valence-electron chi connectivity index (χ2n) is 5.25. The molecule has 0 radical (unpaired) electrons. The molecular weight excluding hydrogens is 343 g/mol. The first-order valence-electron chi connectivity index (χ1n) is 7.49. The molecule has 0 aliphatic carbocycles. The Morgan fingerprint density at radius 2 is 1.65 bits per heavy atom. The Balaban J connectivity index is 1.81. The van der Waals surface area contributed by atoms with Gasteiger partial charge in [0, 0.05) is 11.9 Å². The lowest BCUT2D eigenvalue weighted by Crippen LogP contribution is -2.09. The van der Waals surface area contributed by atoms with E-state index in [0.29, 0.717) is 11.3 Å². The summed E-state index contributed by atoms with van der Waals surface area (Å²) in [5, 5.41) is 14.4. The number of hydrogen-bond donors (Lipinski definition) is 2. The van der Waals surface area contributed by atoms with E-state index in [4.69, 9.17) is 5.26 Å². The van der Waals surface area contributed by atoms with Gasteiger partial charge in [-0.25, -0.2) is 4.98 Å². The minimum Gasteiger partial charge on any atom is -0.340 e. The third kappa shape index (κ3) is 4.08. The first-order chi connectivity index (χ1) is 12.5. The molecule has 0 fully saturated rings. The van der Waals surface area contributed by atoms with Crippen LogP contribution < -0.4 is 10.6 Å². The number of aromatic nitrogens is 2. The van der Waals surface area contributed by atoms with Crippen molar-refractivity contribution in [2.45, 2.75) is 6.18 Å². The predicted octanol–water partition coefficient (Wildman–Crippen LogP) is 4.85. The second-order valence-corrected chi connectivity index (χ2v) is 5.25. The third-order valence-electron chi connectivity index (χ3n) is 3.42. The topological polar surface area (TPSA) is 73.6 Å². The predicted molar refractivity (Wildman–Crippen MR) is 91.2 cm³/mol. The zero-order chi connectivity index (χ0) is 18.6. The monoisotopic (exact) mass is 355 g/mol. The molecule has 2 N–H and O–H groups in total. The van der Waals surface area contributed by atoms with Crippen LogP contribution in [-0.2, 0) is 6.18 Å².